The molecule has 0 spiro atoms. The van der Waals surface area contributed by atoms with Crippen LogP contribution in [-0.2, 0) is 0 Å². The van der Waals surface area contributed by atoms with E-state index < -0.39 is 0 Å². The molecule has 22 heavy (non-hydrogen) atoms. The number of unbranched alkanes of at least 4 members (excludes halogenated alkanes) is 11. The van der Waals surface area contributed by atoms with Gasteiger partial charge in [0.1, 0.15) is 0 Å². The van der Waals surface area contributed by atoms with E-state index in [1.54, 1.807) is 0 Å². The summed E-state index contributed by atoms with van der Waals surface area (Å²) in [5.74, 6) is 1.09. The van der Waals surface area contributed by atoms with Gasteiger partial charge >= 0.3 is 0 Å². The van der Waals surface area contributed by atoms with Crippen molar-refractivity contribution in [1.29, 1.82) is 0 Å². The summed E-state index contributed by atoms with van der Waals surface area (Å²) in [5, 5.41) is 0. The van der Waals surface area contributed by atoms with Gasteiger partial charge in [-0.2, -0.15) is 0 Å². The van der Waals surface area contributed by atoms with Gasteiger partial charge in [-0.3, -0.25) is 0 Å². The minimum Gasteiger partial charge on any atom is -0.0654 e. The van der Waals surface area contributed by atoms with E-state index in [4.69, 9.17) is 0 Å². The molecule has 0 aromatic rings. The Hall–Kier alpha value is 0. The first-order chi connectivity index (χ1) is 10.9. The van der Waals surface area contributed by atoms with Crippen LogP contribution in [0.25, 0.3) is 0 Å². The van der Waals surface area contributed by atoms with E-state index in [1.165, 1.54) is 128 Å². The molecule has 0 aromatic carbocycles. The van der Waals surface area contributed by atoms with Gasteiger partial charge in [0.15, 0.2) is 0 Å². The molecule has 0 bridgehead atoms. The Kier molecular flexibility index (Phi) is 14.5. The molecule has 0 unspecified atom stereocenters. The van der Waals surface area contributed by atoms with E-state index in [1.807, 2.05) is 0 Å². The molecule has 0 aromatic heterocycles. The summed E-state index contributed by atoms with van der Waals surface area (Å²) in [5.41, 5.74) is 0. The second-order valence-electron chi connectivity index (χ2n) is 7.89. The van der Waals surface area contributed by atoms with Crippen LogP contribution in [0.4, 0.5) is 0 Å². The van der Waals surface area contributed by atoms with Gasteiger partial charge in [0.25, 0.3) is 0 Å². The first kappa shape index (κ1) is 20.0. The van der Waals surface area contributed by atoms with E-state index in [9.17, 15) is 0 Å². The van der Waals surface area contributed by atoms with Crippen molar-refractivity contribution < 1.29 is 0 Å². The average Bonchev–Trinajstić information content (AvgIpc) is 2.50. The van der Waals surface area contributed by atoms with E-state index in [-0.39, 0.29) is 0 Å². The van der Waals surface area contributed by atoms with Crippen LogP contribution in [0.2, 0.25) is 0 Å². The Morgan fingerprint density at radius 1 is 0.500 bits per heavy atom. The quantitative estimate of drug-likeness (QED) is 0.299. The summed E-state index contributed by atoms with van der Waals surface area (Å²) < 4.78 is 0. The van der Waals surface area contributed by atoms with Crippen molar-refractivity contribution in [2.24, 2.45) is 5.92 Å². The standard InChI is InChI=1S/C22H44/c1-2-3-4-5-6-7-8-9-10-11-13-16-19-22-20-17-14-12-15-18-21-22/h22H,2-21H2,1H3. The Morgan fingerprint density at radius 2 is 0.909 bits per heavy atom. The SMILES string of the molecule is CCCCCCCCCCCCCCC1CCCCCCC1. The van der Waals surface area contributed by atoms with E-state index in [0.29, 0.717) is 0 Å². The number of hydrogen-bond acceptors (Lipinski definition) is 0. The summed E-state index contributed by atoms with van der Waals surface area (Å²) in [4.78, 5) is 0. The summed E-state index contributed by atoms with van der Waals surface area (Å²) in [6.07, 6.45) is 29.9. The fourth-order valence-electron chi connectivity index (χ4n) is 4.10. The fourth-order valence-corrected chi connectivity index (χ4v) is 4.10. The Labute approximate surface area is 141 Å². The van der Waals surface area contributed by atoms with Gasteiger partial charge in [-0.15, -0.1) is 0 Å². The molecule has 1 aliphatic rings. The highest BCUT2D eigenvalue weighted by atomic mass is 14.2. The molecule has 0 atom stereocenters. The third kappa shape index (κ3) is 12.5. The van der Waals surface area contributed by atoms with E-state index in [2.05, 4.69) is 6.92 Å². The van der Waals surface area contributed by atoms with Crippen LogP contribution in [0, 0.1) is 5.92 Å². The molecule has 0 heterocycles. The molecule has 0 radical (unpaired) electrons. The van der Waals surface area contributed by atoms with Gasteiger partial charge in [-0.25, -0.2) is 0 Å². The maximum absolute atomic E-state index is 2.30. The zero-order valence-corrected chi connectivity index (χ0v) is 15.7. The lowest BCUT2D eigenvalue weighted by atomic mass is 9.87. The maximum atomic E-state index is 2.30. The molecule has 0 heteroatoms. The predicted octanol–water partition coefficient (Wildman–Crippen LogP) is 8.44. The normalized spacial score (nSPS) is 17.3. The Morgan fingerprint density at radius 3 is 1.41 bits per heavy atom. The van der Waals surface area contributed by atoms with Gasteiger partial charge < -0.3 is 0 Å². The molecule has 132 valence electrons. The Bertz CT molecular complexity index is 200. The fraction of sp³-hybridized carbons (Fsp3) is 1.00. The zero-order chi connectivity index (χ0) is 15.7. The topological polar surface area (TPSA) is 0 Å². The molecule has 0 nitrogen and oxygen atoms in total. The molecule has 1 aliphatic carbocycles. The smallest absolute Gasteiger partial charge is 0.0414 e. The summed E-state index contributed by atoms with van der Waals surface area (Å²) in [7, 11) is 0. The largest absolute Gasteiger partial charge is 0.0654 e. The minimum absolute atomic E-state index is 1.09. The van der Waals surface area contributed by atoms with Crippen molar-refractivity contribution in [1.82, 2.24) is 0 Å². The van der Waals surface area contributed by atoms with Crippen LogP contribution in [0.15, 0.2) is 0 Å². The zero-order valence-electron chi connectivity index (χ0n) is 15.7. The molecule has 0 amide bonds. The van der Waals surface area contributed by atoms with E-state index >= 15 is 0 Å². The van der Waals surface area contributed by atoms with Crippen molar-refractivity contribution in [3.05, 3.63) is 0 Å². The first-order valence-electron chi connectivity index (χ1n) is 10.9. The van der Waals surface area contributed by atoms with Gasteiger partial charge in [0.2, 0.25) is 0 Å². The second kappa shape index (κ2) is 15.9. The van der Waals surface area contributed by atoms with Crippen molar-refractivity contribution >= 4 is 0 Å². The lowest BCUT2D eigenvalue weighted by Crippen LogP contribution is -2.03. The molecule has 1 fully saturated rings. The molecule has 0 saturated heterocycles. The van der Waals surface area contributed by atoms with Crippen LogP contribution in [0.5, 0.6) is 0 Å². The third-order valence-corrected chi connectivity index (χ3v) is 5.69. The second-order valence-corrected chi connectivity index (χ2v) is 7.89. The van der Waals surface area contributed by atoms with Crippen molar-refractivity contribution in [3.8, 4) is 0 Å². The van der Waals surface area contributed by atoms with Crippen LogP contribution in [0.1, 0.15) is 135 Å². The Balaban J connectivity index is 1.77. The van der Waals surface area contributed by atoms with Gasteiger partial charge in [0.05, 0.1) is 0 Å². The van der Waals surface area contributed by atoms with Crippen molar-refractivity contribution in [2.45, 2.75) is 135 Å². The third-order valence-electron chi connectivity index (χ3n) is 5.69. The highest BCUT2D eigenvalue weighted by Crippen LogP contribution is 2.26. The van der Waals surface area contributed by atoms with Crippen LogP contribution in [-0.4, -0.2) is 0 Å². The average molecular weight is 309 g/mol. The minimum atomic E-state index is 1.09. The molecule has 1 saturated carbocycles. The van der Waals surface area contributed by atoms with Crippen molar-refractivity contribution in [3.63, 3.8) is 0 Å². The van der Waals surface area contributed by atoms with Crippen LogP contribution >= 0.6 is 0 Å². The molecular formula is C22H44. The maximum Gasteiger partial charge on any atom is -0.0414 e. The lowest BCUT2D eigenvalue weighted by molar-refractivity contribution is 0.346. The van der Waals surface area contributed by atoms with Gasteiger partial charge in [-0.05, 0) is 5.92 Å². The molecule has 1 rings (SSSR count). The highest BCUT2D eigenvalue weighted by molar-refractivity contribution is 4.64. The summed E-state index contributed by atoms with van der Waals surface area (Å²) in [6, 6.07) is 0. The lowest BCUT2D eigenvalue weighted by Gasteiger charge is -2.19. The monoisotopic (exact) mass is 308 g/mol. The summed E-state index contributed by atoms with van der Waals surface area (Å²) in [6.45, 7) is 2.30. The van der Waals surface area contributed by atoms with E-state index in [0.717, 1.165) is 5.92 Å². The summed E-state index contributed by atoms with van der Waals surface area (Å²) >= 11 is 0. The molecule has 0 aliphatic heterocycles. The molecular weight excluding hydrogens is 264 g/mol. The van der Waals surface area contributed by atoms with Crippen molar-refractivity contribution in [2.75, 3.05) is 0 Å². The van der Waals surface area contributed by atoms with Gasteiger partial charge in [0, 0.05) is 0 Å². The number of rotatable bonds is 13. The number of hydrogen-bond donors (Lipinski definition) is 0. The van der Waals surface area contributed by atoms with Crippen LogP contribution in [0.3, 0.4) is 0 Å². The van der Waals surface area contributed by atoms with Crippen LogP contribution < -0.4 is 0 Å². The van der Waals surface area contributed by atoms with Gasteiger partial charge in [-0.1, -0.05) is 135 Å². The highest BCUT2D eigenvalue weighted by Gasteiger charge is 2.10. The first-order valence-corrected chi connectivity index (χ1v) is 10.9. The molecule has 0 N–H and O–H groups in total. The predicted molar refractivity (Wildman–Crippen MR) is 102 cm³/mol.